The lowest BCUT2D eigenvalue weighted by molar-refractivity contribution is -0.120. The first-order chi connectivity index (χ1) is 13.3. The van der Waals surface area contributed by atoms with Gasteiger partial charge in [0.15, 0.2) is 9.84 Å². The Labute approximate surface area is 171 Å². The van der Waals surface area contributed by atoms with E-state index in [2.05, 4.69) is 5.32 Å². The van der Waals surface area contributed by atoms with Crippen molar-refractivity contribution in [1.82, 2.24) is 5.32 Å². The van der Waals surface area contributed by atoms with E-state index in [9.17, 15) is 13.2 Å². The van der Waals surface area contributed by atoms with Gasteiger partial charge in [0.1, 0.15) is 11.0 Å². The van der Waals surface area contributed by atoms with Crippen molar-refractivity contribution < 1.29 is 17.9 Å². The number of hydrogen-bond donors (Lipinski definition) is 1. The van der Waals surface area contributed by atoms with Crippen molar-refractivity contribution in [3.8, 4) is 5.75 Å². The molecule has 0 heterocycles. The molecule has 0 saturated heterocycles. The van der Waals surface area contributed by atoms with Gasteiger partial charge in [0.05, 0.1) is 12.0 Å². The highest BCUT2D eigenvalue weighted by molar-refractivity contribution is 7.91. The highest BCUT2D eigenvalue weighted by Gasteiger charge is 2.29. The van der Waals surface area contributed by atoms with Crippen LogP contribution in [-0.2, 0) is 14.6 Å². The summed E-state index contributed by atoms with van der Waals surface area (Å²) >= 11 is 5.59. The van der Waals surface area contributed by atoms with Crippen molar-refractivity contribution in [2.24, 2.45) is 0 Å². The predicted molar refractivity (Wildman–Crippen MR) is 112 cm³/mol. The van der Waals surface area contributed by atoms with Gasteiger partial charge < -0.3 is 15.0 Å². The molecule has 0 spiro atoms. The summed E-state index contributed by atoms with van der Waals surface area (Å²) in [6.07, 6.45) is 0.135. The quantitative estimate of drug-likeness (QED) is 0.626. The number of sulfone groups is 1. The fraction of sp³-hybridized carbons (Fsp3) is 0.350. The van der Waals surface area contributed by atoms with Crippen molar-refractivity contribution in [2.75, 3.05) is 38.5 Å². The zero-order valence-corrected chi connectivity index (χ0v) is 17.8. The van der Waals surface area contributed by atoms with Crippen LogP contribution in [0.1, 0.15) is 17.2 Å². The molecule has 0 radical (unpaired) electrons. The van der Waals surface area contributed by atoms with Crippen LogP contribution in [0.4, 0.5) is 5.69 Å². The number of amides is 1. The number of anilines is 1. The summed E-state index contributed by atoms with van der Waals surface area (Å²) in [6.45, 7) is -0.0363. The second-order valence-corrected chi connectivity index (χ2v) is 8.95. The average Bonchev–Trinajstić information content (AvgIpc) is 2.68. The Hall–Kier alpha value is -2.25. The number of nitrogens with zero attached hydrogens (tertiary/aromatic N) is 1. The van der Waals surface area contributed by atoms with Gasteiger partial charge >= 0.3 is 0 Å². The molecule has 0 bridgehead atoms. The molecule has 1 atom stereocenters. The van der Waals surface area contributed by atoms with Crippen LogP contribution in [0.2, 0.25) is 0 Å². The Kier molecular flexibility index (Phi) is 7.71. The van der Waals surface area contributed by atoms with Crippen LogP contribution >= 0.6 is 11.6 Å². The van der Waals surface area contributed by atoms with Gasteiger partial charge in [-0.05, 0) is 42.0 Å². The van der Waals surface area contributed by atoms with Crippen LogP contribution in [0.5, 0.6) is 5.75 Å². The normalized spacial score (nSPS) is 12.3. The van der Waals surface area contributed by atoms with Gasteiger partial charge in [-0.1, -0.05) is 12.1 Å². The SMILES string of the molecule is COc1ccc(S(=O)(=O)[C@H](CNC(=O)CCCl)c2ccc(N(C)C)cc2)cc1. The summed E-state index contributed by atoms with van der Waals surface area (Å²) in [6, 6.07) is 13.5. The summed E-state index contributed by atoms with van der Waals surface area (Å²) in [5.74, 6) is 0.468. The summed E-state index contributed by atoms with van der Waals surface area (Å²) in [5.41, 5.74) is 1.56. The Morgan fingerprint density at radius 1 is 1.11 bits per heavy atom. The van der Waals surface area contributed by atoms with E-state index in [1.807, 2.05) is 31.1 Å². The zero-order valence-electron chi connectivity index (χ0n) is 16.2. The van der Waals surface area contributed by atoms with E-state index in [1.165, 1.54) is 19.2 Å². The second kappa shape index (κ2) is 9.80. The van der Waals surface area contributed by atoms with Crippen molar-refractivity contribution in [3.63, 3.8) is 0 Å². The van der Waals surface area contributed by atoms with E-state index in [0.717, 1.165) is 5.69 Å². The fourth-order valence-corrected chi connectivity index (χ4v) is 4.54. The lowest BCUT2D eigenvalue weighted by atomic mass is 10.1. The van der Waals surface area contributed by atoms with E-state index < -0.39 is 15.1 Å². The molecule has 8 heteroatoms. The summed E-state index contributed by atoms with van der Waals surface area (Å²) in [5, 5.41) is 1.76. The molecule has 1 amide bonds. The number of rotatable bonds is 9. The molecule has 0 unspecified atom stereocenters. The predicted octanol–water partition coefficient (Wildman–Crippen LogP) is 3.02. The Balaban J connectivity index is 2.39. The standard InChI is InChI=1S/C20H25ClN2O4S/c1-23(2)16-6-4-15(5-7-16)19(14-22-20(24)12-13-21)28(25,26)18-10-8-17(27-3)9-11-18/h4-11,19H,12-14H2,1-3H3,(H,22,24)/t19-/m1/s1. The first-order valence-corrected chi connectivity index (χ1v) is 10.9. The molecule has 0 aliphatic rings. The molecule has 0 aliphatic heterocycles. The van der Waals surface area contributed by atoms with E-state index in [1.54, 1.807) is 24.3 Å². The fourth-order valence-electron chi connectivity index (χ4n) is 2.70. The number of benzene rings is 2. The molecular formula is C20H25ClN2O4S. The third-order valence-corrected chi connectivity index (χ3v) is 6.66. The minimum atomic E-state index is -3.74. The third-order valence-electron chi connectivity index (χ3n) is 4.35. The van der Waals surface area contributed by atoms with E-state index in [4.69, 9.17) is 16.3 Å². The molecule has 2 rings (SSSR count). The highest BCUT2D eigenvalue weighted by atomic mass is 35.5. The molecule has 28 heavy (non-hydrogen) atoms. The number of carbonyl (C=O) groups excluding carboxylic acids is 1. The first kappa shape index (κ1) is 22.0. The molecule has 0 saturated carbocycles. The highest BCUT2D eigenvalue weighted by Crippen LogP contribution is 2.30. The largest absolute Gasteiger partial charge is 0.497 e. The molecule has 0 fully saturated rings. The topological polar surface area (TPSA) is 75.7 Å². The van der Waals surface area contributed by atoms with Gasteiger partial charge in [0.2, 0.25) is 5.91 Å². The lowest BCUT2D eigenvalue weighted by Gasteiger charge is -2.20. The molecule has 6 nitrogen and oxygen atoms in total. The van der Waals surface area contributed by atoms with Crippen molar-refractivity contribution in [3.05, 3.63) is 54.1 Å². The van der Waals surface area contributed by atoms with E-state index >= 15 is 0 Å². The molecule has 1 N–H and O–H groups in total. The summed E-state index contributed by atoms with van der Waals surface area (Å²) in [7, 11) is 1.60. The second-order valence-electron chi connectivity index (χ2n) is 6.44. The average molecular weight is 425 g/mol. The lowest BCUT2D eigenvalue weighted by Crippen LogP contribution is -2.32. The van der Waals surface area contributed by atoms with Crippen LogP contribution in [0.3, 0.4) is 0 Å². The van der Waals surface area contributed by atoms with Gasteiger partial charge in [0, 0.05) is 38.6 Å². The van der Waals surface area contributed by atoms with Crippen molar-refractivity contribution >= 4 is 33.0 Å². The Morgan fingerprint density at radius 3 is 2.21 bits per heavy atom. The van der Waals surface area contributed by atoms with Crippen molar-refractivity contribution in [2.45, 2.75) is 16.6 Å². The molecule has 152 valence electrons. The molecule has 2 aromatic carbocycles. The van der Waals surface area contributed by atoms with E-state index in [-0.39, 0.29) is 29.6 Å². The minimum Gasteiger partial charge on any atom is -0.497 e. The molecule has 0 aromatic heterocycles. The number of hydrogen-bond acceptors (Lipinski definition) is 5. The molecular weight excluding hydrogens is 400 g/mol. The van der Waals surface area contributed by atoms with Gasteiger partial charge in [0.25, 0.3) is 0 Å². The van der Waals surface area contributed by atoms with Gasteiger partial charge in [-0.15, -0.1) is 11.6 Å². The van der Waals surface area contributed by atoms with Crippen LogP contribution < -0.4 is 15.0 Å². The van der Waals surface area contributed by atoms with Crippen LogP contribution in [0, 0.1) is 0 Å². The maximum Gasteiger partial charge on any atom is 0.221 e. The van der Waals surface area contributed by atoms with Crippen molar-refractivity contribution in [1.29, 1.82) is 0 Å². The third kappa shape index (κ3) is 5.39. The monoisotopic (exact) mass is 424 g/mol. The number of methoxy groups -OCH3 is 1. The maximum absolute atomic E-state index is 13.3. The maximum atomic E-state index is 13.3. The Morgan fingerprint density at radius 2 is 1.71 bits per heavy atom. The summed E-state index contributed by atoms with van der Waals surface area (Å²) in [4.78, 5) is 14.0. The molecule has 0 aliphatic carbocycles. The first-order valence-electron chi connectivity index (χ1n) is 8.77. The van der Waals surface area contributed by atoms with Gasteiger partial charge in [-0.2, -0.15) is 0 Å². The minimum absolute atomic E-state index is 0.0363. The number of alkyl halides is 1. The molecule has 2 aromatic rings. The van der Waals surface area contributed by atoms with Crippen LogP contribution in [0.25, 0.3) is 0 Å². The number of carbonyl (C=O) groups is 1. The number of ether oxygens (including phenoxy) is 1. The number of halogens is 1. The van der Waals surface area contributed by atoms with Gasteiger partial charge in [-0.25, -0.2) is 8.42 Å². The summed E-state index contributed by atoms with van der Waals surface area (Å²) < 4.78 is 31.7. The van der Waals surface area contributed by atoms with Crippen LogP contribution in [-0.4, -0.2) is 48.0 Å². The zero-order chi connectivity index (χ0) is 20.7. The van der Waals surface area contributed by atoms with Gasteiger partial charge in [-0.3, -0.25) is 4.79 Å². The Bertz CT molecular complexity index is 881. The van der Waals surface area contributed by atoms with E-state index in [0.29, 0.717) is 11.3 Å². The number of nitrogens with one attached hydrogen (secondary N) is 1. The smallest absolute Gasteiger partial charge is 0.221 e. The van der Waals surface area contributed by atoms with Crippen LogP contribution in [0.15, 0.2) is 53.4 Å².